The predicted octanol–water partition coefficient (Wildman–Crippen LogP) is 3.39. The van der Waals surface area contributed by atoms with Crippen molar-refractivity contribution in [3.05, 3.63) is 54.0 Å². The van der Waals surface area contributed by atoms with Crippen LogP contribution in [-0.4, -0.2) is 47.5 Å². The second-order valence-electron chi connectivity index (χ2n) is 7.56. The molecule has 0 aliphatic carbocycles. The Labute approximate surface area is 153 Å². The van der Waals surface area contributed by atoms with Crippen molar-refractivity contribution in [1.29, 1.82) is 0 Å². The van der Waals surface area contributed by atoms with Gasteiger partial charge in [-0.25, -0.2) is 9.37 Å². The molecule has 0 radical (unpaired) electrons. The van der Waals surface area contributed by atoms with Crippen LogP contribution < -0.4 is 10.2 Å². The number of piperazine rings is 1. The van der Waals surface area contributed by atoms with E-state index in [0.717, 1.165) is 18.8 Å². The third-order valence-corrected chi connectivity index (χ3v) is 4.27. The van der Waals surface area contributed by atoms with Crippen LogP contribution in [-0.2, 0) is 0 Å². The third kappa shape index (κ3) is 4.50. The SMILES string of the molecule is CC(C)(C)Nc1cc(C(=O)N2CCN(c3ccc(F)cc3)CC2)ccn1. The monoisotopic (exact) mass is 356 g/mol. The summed E-state index contributed by atoms with van der Waals surface area (Å²) in [6, 6.07) is 10.0. The van der Waals surface area contributed by atoms with E-state index in [9.17, 15) is 9.18 Å². The molecule has 1 saturated heterocycles. The second kappa shape index (κ2) is 7.32. The van der Waals surface area contributed by atoms with Gasteiger partial charge in [0.25, 0.3) is 5.91 Å². The average Bonchev–Trinajstić information content (AvgIpc) is 2.61. The maximum absolute atomic E-state index is 13.1. The largest absolute Gasteiger partial charge is 0.368 e. The van der Waals surface area contributed by atoms with Gasteiger partial charge >= 0.3 is 0 Å². The van der Waals surface area contributed by atoms with Crippen LogP contribution in [0.2, 0.25) is 0 Å². The molecule has 0 unspecified atom stereocenters. The van der Waals surface area contributed by atoms with E-state index in [1.807, 2.05) is 4.90 Å². The first-order valence-corrected chi connectivity index (χ1v) is 8.86. The Kier molecular flexibility index (Phi) is 5.11. The summed E-state index contributed by atoms with van der Waals surface area (Å²) in [5, 5.41) is 3.29. The molecule has 2 heterocycles. The molecule has 1 aliphatic heterocycles. The number of carbonyl (C=O) groups is 1. The molecule has 1 fully saturated rings. The molecule has 0 spiro atoms. The maximum atomic E-state index is 13.1. The molecule has 1 aliphatic rings. The summed E-state index contributed by atoms with van der Waals surface area (Å²) in [6.45, 7) is 8.90. The first-order chi connectivity index (χ1) is 12.3. The number of rotatable bonds is 3. The number of anilines is 2. The summed E-state index contributed by atoms with van der Waals surface area (Å²) in [7, 11) is 0. The van der Waals surface area contributed by atoms with E-state index < -0.39 is 0 Å². The van der Waals surface area contributed by atoms with Gasteiger partial charge in [0.1, 0.15) is 11.6 Å². The van der Waals surface area contributed by atoms with Crippen LogP contribution in [0.25, 0.3) is 0 Å². The highest BCUT2D eigenvalue weighted by molar-refractivity contribution is 5.95. The highest BCUT2D eigenvalue weighted by Crippen LogP contribution is 2.19. The van der Waals surface area contributed by atoms with Crippen LogP contribution in [0.15, 0.2) is 42.6 Å². The minimum Gasteiger partial charge on any atom is -0.368 e. The molecule has 1 N–H and O–H groups in total. The highest BCUT2D eigenvalue weighted by Gasteiger charge is 2.23. The maximum Gasteiger partial charge on any atom is 0.254 e. The number of nitrogens with one attached hydrogen (secondary N) is 1. The number of pyridine rings is 1. The van der Waals surface area contributed by atoms with E-state index in [1.54, 1.807) is 30.5 Å². The summed E-state index contributed by atoms with van der Waals surface area (Å²) in [4.78, 5) is 21.1. The van der Waals surface area contributed by atoms with Gasteiger partial charge in [-0.2, -0.15) is 0 Å². The summed E-state index contributed by atoms with van der Waals surface area (Å²) in [5.41, 5.74) is 1.51. The van der Waals surface area contributed by atoms with Gasteiger partial charge in [-0.3, -0.25) is 4.79 Å². The second-order valence-corrected chi connectivity index (χ2v) is 7.56. The van der Waals surface area contributed by atoms with Crippen LogP contribution in [0.1, 0.15) is 31.1 Å². The molecule has 138 valence electrons. The Bertz CT molecular complexity index is 762. The lowest BCUT2D eigenvalue weighted by molar-refractivity contribution is 0.0746. The van der Waals surface area contributed by atoms with Crippen LogP contribution in [0.3, 0.4) is 0 Å². The van der Waals surface area contributed by atoms with Crippen LogP contribution in [0.4, 0.5) is 15.9 Å². The predicted molar refractivity (Wildman–Crippen MR) is 102 cm³/mol. The van der Waals surface area contributed by atoms with Gasteiger partial charge in [-0.05, 0) is 57.2 Å². The zero-order valence-electron chi connectivity index (χ0n) is 15.5. The van der Waals surface area contributed by atoms with Gasteiger partial charge in [0.15, 0.2) is 0 Å². The molecule has 26 heavy (non-hydrogen) atoms. The molecule has 1 aromatic heterocycles. The van der Waals surface area contributed by atoms with E-state index >= 15 is 0 Å². The fourth-order valence-corrected chi connectivity index (χ4v) is 3.02. The van der Waals surface area contributed by atoms with Crippen LogP contribution >= 0.6 is 0 Å². The molecule has 3 rings (SSSR count). The van der Waals surface area contributed by atoms with Gasteiger partial charge in [-0.1, -0.05) is 0 Å². The van der Waals surface area contributed by atoms with Gasteiger partial charge in [0, 0.05) is 49.2 Å². The van der Waals surface area contributed by atoms with E-state index in [1.165, 1.54) is 12.1 Å². The Morgan fingerprint density at radius 1 is 1.08 bits per heavy atom. The van der Waals surface area contributed by atoms with E-state index in [4.69, 9.17) is 0 Å². The number of halogens is 1. The number of benzene rings is 1. The fraction of sp³-hybridized carbons (Fsp3) is 0.400. The lowest BCUT2D eigenvalue weighted by atomic mass is 10.1. The topological polar surface area (TPSA) is 48.5 Å². The van der Waals surface area contributed by atoms with Crippen molar-refractivity contribution < 1.29 is 9.18 Å². The van der Waals surface area contributed by atoms with Crippen molar-refractivity contribution in [2.24, 2.45) is 0 Å². The van der Waals surface area contributed by atoms with Gasteiger partial charge < -0.3 is 15.1 Å². The van der Waals surface area contributed by atoms with Crippen molar-refractivity contribution in [2.75, 3.05) is 36.4 Å². The lowest BCUT2D eigenvalue weighted by Gasteiger charge is -2.36. The first-order valence-electron chi connectivity index (χ1n) is 8.86. The summed E-state index contributed by atoms with van der Waals surface area (Å²) in [5.74, 6) is 0.483. The number of carbonyl (C=O) groups excluding carboxylic acids is 1. The molecule has 0 bridgehead atoms. The zero-order valence-corrected chi connectivity index (χ0v) is 15.5. The van der Waals surface area contributed by atoms with Gasteiger partial charge in [-0.15, -0.1) is 0 Å². The average molecular weight is 356 g/mol. The Hall–Kier alpha value is -2.63. The molecular weight excluding hydrogens is 331 g/mol. The van der Waals surface area contributed by atoms with Crippen molar-refractivity contribution >= 4 is 17.4 Å². The molecular formula is C20H25FN4O. The number of hydrogen-bond acceptors (Lipinski definition) is 4. The molecule has 1 aromatic carbocycles. The number of aromatic nitrogens is 1. The Morgan fingerprint density at radius 3 is 2.35 bits per heavy atom. The summed E-state index contributed by atoms with van der Waals surface area (Å²) in [6.07, 6.45) is 1.66. The Balaban J connectivity index is 1.63. The summed E-state index contributed by atoms with van der Waals surface area (Å²) >= 11 is 0. The quantitative estimate of drug-likeness (QED) is 0.916. The van der Waals surface area contributed by atoms with Gasteiger partial charge in [0.2, 0.25) is 0 Å². The number of amides is 1. The zero-order chi connectivity index (χ0) is 18.7. The van der Waals surface area contributed by atoms with Crippen molar-refractivity contribution in [1.82, 2.24) is 9.88 Å². The van der Waals surface area contributed by atoms with Crippen molar-refractivity contribution in [3.63, 3.8) is 0 Å². The molecule has 5 nitrogen and oxygen atoms in total. The fourth-order valence-electron chi connectivity index (χ4n) is 3.02. The highest BCUT2D eigenvalue weighted by atomic mass is 19.1. The molecule has 1 amide bonds. The third-order valence-electron chi connectivity index (χ3n) is 4.27. The number of nitrogens with zero attached hydrogens (tertiary/aromatic N) is 3. The normalized spacial score (nSPS) is 15.1. The van der Waals surface area contributed by atoms with Gasteiger partial charge in [0.05, 0.1) is 0 Å². The number of hydrogen-bond donors (Lipinski definition) is 1. The van der Waals surface area contributed by atoms with E-state index in [2.05, 4.69) is 36.0 Å². The molecule has 0 saturated carbocycles. The smallest absolute Gasteiger partial charge is 0.254 e. The van der Waals surface area contributed by atoms with Crippen LogP contribution in [0, 0.1) is 5.82 Å². The van der Waals surface area contributed by atoms with Crippen molar-refractivity contribution in [3.8, 4) is 0 Å². The lowest BCUT2D eigenvalue weighted by Crippen LogP contribution is -2.48. The molecule has 6 heteroatoms. The standard InChI is InChI=1S/C20H25FN4O/c1-20(2,3)23-18-14-15(8-9-22-18)19(26)25-12-10-24(11-13-25)17-6-4-16(21)5-7-17/h4-9,14H,10-13H2,1-3H3,(H,22,23). The Morgan fingerprint density at radius 2 is 1.73 bits per heavy atom. The van der Waals surface area contributed by atoms with Crippen molar-refractivity contribution in [2.45, 2.75) is 26.3 Å². The minimum absolute atomic E-state index is 0.0168. The van der Waals surface area contributed by atoms with Crippen LogP contribution in [0.5, 0.6) is 0 Å². The minimum atomic E-state index is -0.236. The van der Waals surface area contributed by atoms with E-state index in [-0.39, 0.29) is 17.3 Å². The van der Waals surface area contributed by atoms with E-state index in [0.29, 0.717) is 24.5 Å². The first kappa shape index (κ1) is 18.2. The molecule has 2 aromatic rings. The summed E-state index contributed by atoms with van der Waals surface area (Å²) < 4.78 is 13.1. The molecule has 0 atom stereocenters.